The molecule has 1 aliphatic carbocycles. The molecule has 15 heavy (non-hydrogen) atoms. The van der Waals surface area contributed by atoms with E-state index in [-0.39, 0.29) is 0 Å². The molecule has 0 spiro atoms. The van der Waals surface area contributed by atoms with E-state index < -0.39 is 0 Å². The third-order valence-corrected chi connectivity index (χ3v) is 2.54. The van der Waals surface area contributed by atoms with E-state index in [9.17, 15) is 0 Å². The topological polar surface area (TPSA) is 39.7 Å². The smallest absolute Gasteiger partial charge is 0.0790 e. The molecule has 0 aromatic carbocycles. The van der Waals surface area contributed by atoms with E-state index in [2.05, 4.69) is 5.48 Å². The third-order valence-electron chi connectivity index (χ3n) is 2.54. The van der Waals surface area contributed by atoms with Crippen LogP contribution in [-0.4, -0.2) is 39.6 Å². The largest absolute Gasteiger partial charge is 0.385 e. The Kier molecular flexibility index (Phi) is 7.83. The van der Waals surface area contributed by atoms with Crippen LogP contribution in [0, 0.1) is 0 Å². The average Bonchev–Trinajstić information content (AvgIpc) is 2.75. The zero-order valence-corrected chi connectivity index (χ0v) is 9.67. The lowest BCUT2D eigenvalue weighted by Crippen LogP contribution is -2.25. The zero-order valence-electron chi connectivity index (χ0n) is 9.67. The summed E-state index contributed by atoms with van der Waals surface area (Å²) >= 11 is 0. The lowest BCUT2D eigenvalue weighted by molar-refractivity contribution is -0.0319. The van der Waals surface area contributed by atoms with Crippen LogP contribution in [0.5, 0.6) is 0 Å². The number of hydroxylamine groups is 1. The highest BCUT2D eigenvalue weighted by Crippen LogP contribution is 2.19. The molecule has 1 saturated carbocycles. The SMILES string of the molecule is COCCCOCCNOC1CCCC1. The van der Waals surface area contributed by atoms with Gasteiger partial charge in [0.2, 0.25) is 0 Å². The van der Waals surface area contributed by atoms with Crippen LogP contribution in [0.15, 0.2) is 0 Å². The van der Waals surface area contributed by atoms with E-state index in [1.165, 1.54) is 25.7 Å². The van der Waals surface area contributed by atoms with Crippen LogP contribution in [0.3, 0.4) is 0 Å². The van der Waals surface area contributed by atoms with Crippen molar-refractivity contribution in [2.45, 2.75) is 38.2 Å². The van der Waals surface area contributed by atoms with Crippen molar-refractivity contribution in [3.05, 3.63) is 0 Å². The predicted molar refractivity (Wildman–Crippen MR) is 58.7 cm³/mol. The summed E-state index contributed by atoms with van der Waals surface area (Å²) < 4.78 is 10.3. The third kappa shape index (κ3) is 6.84. The Bertz CT molecular complexity index is 138. The predicted octanol–water partition coefficient (Wildman–Crippen LogP) is 1.50. The van der Waals surface area contributed by atoms with Crippen molar-refractivity contribution < 1.29 is 14.3 Å². The van der Waals surface area contributed by atoms with Gasteiger partial charge in [0.25, 0.3) is 0 Å². The molecule has 1 aliphatic rings. The lowest BCUT2D eigenvalue weighted by Gasteiger charge is -2.11. The minimum absolute atomic E-state index is 0.429. The van der Waals surface area contributed by atoms with Gasteiger partial charge in [-0.05, 0) is 19.3 Å². The maximum atomic E-state index is 5.48. The summed E-state index contributed by atoms with van der Waals surface area (Å²) in [6.45, 7) is 3.00. The Balaban J connectivity index is 1.73. The minimum Gasteiger partial charge on any atom is -0.385 e. The molecule has 1 N–H and O–H groups in total. The molecule has 0 unspecified atom stereocenters. The average molecular weight is 217 g/mol. The summed E-state index contributed by atoms with van der Waals surface area (Å²) in [4.78, 5) is 5.48. The molecule has 0 bridgehead atoms. The number of methoxy groups -OCH3 is 1. The van der Waals surface area contributed by atoms with Crippen molar-refractivity contribution in [2.24, 2.45) is 0 Å². The van der Waals surface area contributed by atoms with Gasteiger partial charge in [0.1, 0.15) is 0 Å². The van der Waals surface area contributed by atoms with Gasteiger partial charge in [-0.25, -0.2) is 0 Å². The second-order valence-electron chi connectivity index (χ2n) is 3.88. The molecular formula is C11H23NO3. The number of ether oxygens (including phenoxy) is 2. The van der Waals surface area contributed by atoms with E-state index in [1.807, 2.05) is 0 Å². The maximum Gasteiger partial charge on any atom is 0.0790 e. The number of hydrogen-bond donors (Lipinski definition) is 1. The van der Waals surface area contributed by atoms with Gasteiger partial charge in [0.05, 0.1) is 12.7 Å². The van der Waals surface area contributed by atoms with Crippen LogP contribution in [0.4, 0.5) is 0 Å². The van der Waals surface area contributed by atoms with Crippen molar-refractivity contribution >= 4 is 0 Å². The van der Waals surface area contributed by atoms with Crippen molar-refractivity contribution in [2.75, 3.05) is 33.5 Å². The molecule has 4 nitrogen and oxygen atoms in total. The molecule has 90 valence electrons. The minimum atomic E-state index is 0.429. The van der Waals surface area contributed by atoms with E-state index in [0.29, 0.717) is 12.7 Å². The van der Waals surface area contributed by atoms with E-state index in [1.54, 1.807) is 7.11 Å². The standard InChI is InChI=1S/C11H23NO3/c1-13-8-4-9-14-10-7-12-15-11-5-2-3-6-11/h11-12H,2-10H2,1H3. The highest BCUT2D eigenvalue weighted by Gasteiger charge is 2.14. The van der Waals surface area contributed by atoms with E-state index >= 15 is 0 Å². The van der Waals surface area contributed by atoms with Gasteiger partial charge < -0.3 is 9.47 Å². The van der Waals surface area contributed by atoms with Crippen LogP contribution in [0.2, 0.25) is 0 Å². The molecule has 0 heterocycles. The highest BCUT2D eigenvalue weighted by atomic mass is 16.7. The van der Waals surface area contributed by atoms with Crippen molar-refractivity contribution in [1.82, 2.24) is 5.48 Å². The summed E-state index contributed by atoms with van der Waals surface area (Å²) in [6.07, 6.45) is 6.39. The normalized spacial score (nSPS) is 17.4. The molecule has 1 fully saturated rings. The van der Waals surface area contributed by atoms with Crippen LogP contribution in [-0.2, 0) is 14.3 Å². The molecule has 0 atom stereocenters. The van der Waals surface area contributed by atoms with Crippen molar-refractivity contribution in [3.8, 4) is 0 Å². The molecular weight excluding hydrogens is 194 g/mol. The van der Waals surface area contributed by atoms with Gasteiger partial charge in [-0.15, -0.1) is 0 Å². The Hall–Kier alpha value is -0.160. The van der Waals surface area contributed by atoms with Crippen LogP contribution < -0.4 is 5.48 Å². The van der Waals surface area contributed by atoms with Gasteiger partial charge in [-0.1, -0.05) is 12.8 Å². The number of rotatable bonds is 9. The fraction of sp³-hybridized carbons (Fsp3) is 1.00. The molecule has 0 amide bonds. The lowest BCUT2D eigenvalue weighted by atomic mass is 10.3. The van der Waals surface area contributed by atoms with Crippen LogP contribution >= 0.6 is 0 Å². The monoisotopic (exact) mass is 217 g/mol. The van der Waals surface area contributed by atoms with Gasteiger partial charge in [-0.2, -0.15) is 5.48 Å². The summed E-state index contributed by atoms with van der Waals surface area (Å²) in [5.41, 5.74) is 2.96. The number of hydrogen-bond acceptors (Lipinski definition) is 4. The summed E-state index contributed by atoms with van der Waals surface area (Å²) in [6, 6.07) is 0. The summed E-state index contributed by atoms with van der Waals surface area (Å²) in [5, 5.41) is 0. The van der Waals surface area contributed by atoms with Crippen molar-refractivity contribution in [1.29, 1.82) is 0 Å². The van der Waals surface area contributed by atoms with Gasteiger partial charge in [0.15, 0.2) is 0 Å². The first-order valence-corrected chi connectivity index (χ1v) is 5.88. The van der Waals surface area contributed by atoms with Crippen LogP contribution in [0.25, 0.3) is 0 Å². The first kappa shape index (κ1) is 12.9. The van der Waals surface area contributed by atoms with Gasteiger partial charge in [-0.3, -0.25) is 4.84 Å². The Morgan fingerprint density at radius 3 is 2.67 bits per heavy atom. The fourth-order valence-electron chi connectivity index (χ4n) is 1.70. The Labute approximate surface area is 92.2 Å². The first-order chi connectivity index (χ1) is 7.43. The van der Waals surface area contributed by atoms with E-state index in [4.69, 9.17) is 14.3 Å². The van der Waals surface area contributed by atoms with Gasteiger partial charge in [0, 0.05) is 26.9 Å². The fourth-order valence-corrected chi connectivity index (χ4v) is 1.70. The summed E-state index contributed by atoms with van der Waals surface area (Å²) in [7, 11) is 1.71. The Morgan fingerprint density at radius 1 is 1.13 bits per heavy atom. The first-order valence-electron chi connectivity index (χ1n) is 5.88. The molecule has 0 radical (unpaired) electrons. The molecule has 0 aromatic rings. The zero-order chi connectivity index (χ0) is 10.8. The van der Waals surface area contributed by atoms with Crippen LogP contribution in [0.1, 0.15) is 32.1 Å². The molecule has 4 heteroatoms. The second-order valence-corrected chi connectivity index (χ2v) is 3.88. The quantitative estimate of drug-likeness (QED) is 0.469. The summed E-state index contributed by atoms with van der Waals surface area (Å²) in [5.74, 6) is 0. The highest BCUT2D eigenvalue weighted by molar-refractivity contribution is 4.65. The molecule has 1 rings (SSSR count). The maximum absolute atomic E-state index is 5.48. The molecule has 0 aliphatic heterocycles. The molecule has 0 saturated heterocycles. The second kappa shape index (κ2) is 9.09. The molecule has 0 aromatic heterocycles. The Morgan fingerprint density at radius 2 is 1.93 bits per heavy atom. The van der Waals surface area contributed by atoms with Crippen molar-refractivity contribution in [3.63, 3.8) is 0 Å². The van der Waals surface area contributed by atoms with Gasteiger partial charge >= 0.3 is 0 Å². The number of nitrogens with one attached hydrogen (secondary N) is 1. The van der Waals surface area contributed by atoms with E-state index in [0.717, 1.165) is 26.2 Å².